The van der Waals surface area contributed by atoms with Gasteiger partial charge in [-0.25, -0.2) is 0 Å². The second-order valence-electron chi connectivity index (χ2n) is 10.1. The molecule has 0 fully saturated rings. The van der Waals surface area contributed by atoms with Crippen molar-refractivity contribution in [3.8, 4) is 0 Å². The number of rotatable bonds is 10. The quantitative estimate of drug-likeness (QED) is 0.185. The number of hydrogen-bond donors (Lipinski definition) is 0. The highest BCUT2D eigenvalue weighted by molar-refractivity contribution is 6.99. The Morgan fingerprint density at radius 2 is 1.57 bits per heavy atom. The van der Waals surface area contributed by atoms with Gasteiger partial charge in [-0.3, -0.25) is 4.79 Å². The average molecular weight is 487 g/mol. The molecule has 0 amide bonds. The molecule has 2 aromatic carbocycles. The lowest BCUT2D eigenvalue weighted by Crippen LogP contribution is -2.67. The first-order valence-electron chi connectivity index (χ1n) is 12.3. The number of allylic oxidation sites excluding steroid dienone is 3. The van der Waals surface area contributed by atoms with Crippen LogP contribution in [0.3, 0.4) is 0 Å². The fourth-order valence-electron chi connectivity index (χ4n) is 4.98. The topological polar surface area (TPSA) is 35.5 Å². The Morgan fingerprint density at radius 1 is 1.00 bits per heavy atom. The Kier molecular flexibility index (Phi) is 9.01. The molecule has 1 heterocycles. The molecule has 0 unspecified atom stereocenters. The molecule has 0 saturated carbocycles. The Hall–Kier alpha value is -2.79. The van der Waals surface area contributed by atoms with E-state index in [1.165, 1.54) is 16.4 Å². The smallest absolute Gasteiger partial charge is 0.261 e. The first kappa shape index (κ1) is 26.8. The van der Waals surface area contributed by atoms with Gasteiger partial charge in [-0.05, 0) is 28.4 Å². The second-order valence-corrected chi connectivity index (χ2v) is 14.4. The molecule has 3 nitrogen and oxygen atoms in total. The van der Waals surface area contributed by atoms with E-state index in [-0.39, 0.29) is 35.4 Å². The second kappa shape index (κ2) is 11.8. The van der Waals surface area contributed by atoms with Gasteiger partial charge in [0.15, 0.2) is 5.78 Å². The monoisotopic (exact) mass is 486 g/mol. The van der Waals surface area contributed by atoms with Crippen molar-refractivity contribution < 1.29 is 14.0 Å². The van der Waals surface area contributed by atoms with Gasteiger partial charge < -0.3 is 9.16 Å². The number of hydrogen-bond acceptors (Lipinski definition) is 3. The fraction of sp³-hybridized carbons (Fsp3) is 0.323. The van der Waals surface area contributed by atoms with Crippen LogP contribution < -0.4 is 10.4 Å². The van der Waals surface area contributed by atoms with Crippen LogP contribution in [-0.4, -0.2) is 32.9 Å². The van der Waals surface area contributed by atoms with Gasteiger partial charge in [0.25, 0.3) is 8.32 Å². The highest BCUT2D eigenvalue weighted by Crippen LogP contribution is 2.37. The molecule has 3 atom stereocenters. The van der Waals surface area contributed by atoms with Crippen LogP contribution in [0.25, 0.3) is 0 Å². The number of benzene rings is 2. The lowest BCUT2D eigenvalue weighted by atomic mass is 9.88. The van der Waals surface area contributed by atoms with E-state index in [2.05, 4.69) is 94.6 Å². The highest BCUT2D eigenvalue weighted by atomic mass is 28.4. The summed E-state index contributed by atoms with van der Waals surface area (Å²) in [5.74, 6) is -0.00521. The lowest BCUT2D eigenvalue weighted by Gasteiger charge is -2.44. The van der Waals surface area contributed by atoms with Gasteiger partial charge in [-0.15, -0.1) is 0 Å². The molecule has 0 aliphatic carbocycles. The van der Waals surface area contributed by atoms with E-state index in [1.807, 2.05) is 25.1 Å². The number of carbonyl (C=O) groups is 1. The Bertz CT molecular complexity index is 1020. The molecule has 1 aliphatic rings. The van der Waals surface area contributed by atoms with Gasteiger partial charge in [0.1, 0.15) is 0 Å². The summed E-state index contributed by atoms with van der Waals surface area (Å²) in [6.07, 6.45) is 9.13. The molecule has 0 spiro atoms. The molecule has 0 N–H and O–H groups in total. The van der Waals surface area contributed by atoms with Gasteiger partial charge in [0.2, 0.25) is 0 Å². The summed E-state index contributed by atoms with van der Waals surface area (Å²) >= 11 is 0. The summed E-state index contributed by atoms with van der Waals surface area (Å²) < 4.78 is 13.5. The van der Waals surface area contributed by atoms with Crippen molar-refractivity contribution in [3.63, 3.8) is 0 Å². The minimum Gasteiger partial charge on any atom is -0.404 e. The van der Waals surface area contributed by atoms with Crippen molar-refractivity contribution in [2.75, 3.05) is 6.61 Å². The van der Waals surface area contributed by atoms with E-state index in [1.54, 1.807) is 6.08 Å². The van der Waals surface area contributed by atoms with E-state index >= 15 is 0 Å². The molecule has 4 heteroatoms. The van der Waals surface area contributed by atoms with Gasteiger partial charge in [0, 0.05) is 12.3 Å². The maximum Gasteiger partial charge on any atom is 0.261 e. The van der Waals surface area contributed by atoms with Crippen LogP contribution in [0.5, 0.6) is 0 Å². The molecule has 0 bridgehead atoms. The Labute approximate surface area is 212 Å². The molecule has 3 rings (SSSR count). The summed E-state index contributed by atoms with van der Waals surface area (Å²) in [6.45, 7) is 16.7. The lowest BCUT2D eigenvalue weighted by molar-refractivity contribution is -0.119. The minimum atomic E-state index is -2.67. The van der Waals surface area contributed by atoms with Crippen LogP contribution in [0, 0.1) is 5.92 Å². The fourth-order valence-corrected chi connectivity index (χ4v) is 9.55. The summed E-state index contributed by atoms with van der Waals surface area (Å²) in [5.41, 5.74) is 1.12. The SMILES string of the molecule is C=C/C=C(\C)[C@H]1C=C[C@@H](CO[Si](c2ccccc2)(c2ccccc2)C(C)(C)C)O[C@@H]1CC(=O)C=C. The molecule has 35 heavy (non-hydrogen) atoms. The highest BCUT2D eigenvalue weighted by Gasteiger charge is 2.50. The van der Waals surface area contributed by atoms with E-state index in [4.69, 9.17) is 9.16 Å². The van der Waals surface area contributed by atoms with Crippen LogP contribution in [0.4, 0.5) is 0 Å². The molecule has 1 aliphatic heterocycles. The average Bonchev–Trinajstić information content (AvgIpc) is 2.85. The minimum absolute atomic E-state index is 0.0148. The Morgan fingerprint density at radius 3 is 2.06 bits per heavy atom. The van der Waals surface area contributed by atoms with Crippen LogP contribution in [-0.2, 0) is 14.0 Å². The molecule has 184 valence electrons. The van der Waals surface area contributed by atoms with Crippen molar-refractivity contribution in [1.29, 1.82) is 0 Å². The standard InChI is InChI=1S/C31H38O3Si/c1-7-15-24(3)29-21-20-26(34-30(29)22-25(32)8-2)23-33-35(31(4,5)6,27-16-11-9-12-17-27)28-18-13-10-14-19-28/h7-21,26,29-30H,1-2,22-23H2,3-6H3/b24-15+/t26-,29+,30+/m0/s1. The van der Waals surface area contributed by atoms with Crippen LogP contribution in [0.1, 0.15) is 34.1 Å². The maximum atomic E-state index is 12.2. The summed E-state index contributed by atoms with van der Waals surface area (Å²) in [5, 5.41) is 2.36. The van der Waals surface area contributed by atoms with Gasteiger partial charge in [-0.2, -0.15) is 0 Å². The zero-order chi connectivity index (χ0) is 25.5. The zero-order valence-corrected chi connectivity index (χ0v) is 22.4. The van der Waals surface area contributed by atoms with E-state index in [0.29, 0.717) is 6.61 Å². The van der Waals surface area contributed by atoms with Crippen LogP contribution >= 0.6 is 0 Å². The van der Waals surface area contributed by atoms with Crippen molar-refractivity contribution >= 4 is 24.5 Å². The predicted molar refractivity (Wildman–Crippen MR) is 149 cm³/mol. The maximum absolute atomic E-state index is 12.2. The van der Waals surface area contributed by atoms with Gasteiger partial charge >= 0.3 is 0 Å². The third-order valence-corrected chi connectivity index (χ3v) is 11.7. The summed E-state index contributed by atoms with van der Waals surface area (Å²) in [6, 6.07) is 21.2. The molecule has 2 aromatic rings. The van der Waals surface area contributed by atoms with E-state index < -0.39 is 8.32 Å². The van der Waals surface area contributed by atoms with Crippen LogP contribution in [0.2, 0.25) is 5.04 Å². The number of ether oxygens (including phenoxy) is 1. The first-order chi connectivity index (χ1) is 16.7. The summed E-state index contributed by atoms with van der Waals surface area (Å²) in [4.78, 5) is 12.2. The normalized spacial score (nSPS) is 20.9. The van der Waals surface area contributed by atoms with Crippen LogP contribution in [0.15, 0.2) is 110 Å². The molecule has 0 radical (unpaired) electrons. The molecular weight excluding hydrogens is 448 g/mol. The number of carbonyl (C=O) groups excluding carboxylic acids is 1. The third kappa shape index (κ3) is 6.07. The number of ketones is 1. The first-order valence-corrected chi connectivity index (χ1v) is 14.2. The van der Waals surface area contributed by atoms with E-state index in [0.717, 1.165) is 5.57 Å². The predicted octanol–water partition coefficient (Wildman–Crippen LogP) is 5.78. The zero-order valence-electron chi connectivity index (χ0n) is 21.4. The molecular formula is C31H38O3Si. The molecule has 0 aromatic heterocycles. The third-order valence-electron chi connectivity index (χ3n) is 6.70. The Balaban J connectivity index is 1.96. The van der Waals surface area contributed by atoms with Crippen molar-refractivity contribution in [2.24, 2.45) is 5.92 Å². The largest absolute Gasteiger partial charge is 0.404 e. The van der Waals surface area contributed by atoms with Crippen molar-refractivity contribution in [1.82, 2.24) is 0 Å². The van der Waals surface area contributed by atoms with Gasteiger partial charge in [-0.1, -0.05) is 124 Å². The van der Waals surface area contributed by atoms with Gasteiger partial charge in [0.05, 0.1) is 18.8 Å². The van der Waals surface area contributed by atoms with E-state index in [9.17, 15) is 4.79 Å². The summed E-state index contributed by atoms with van der Waals surface area (Å²) in [7, 11) is -2.67. The van der Waals surface area contributed by atoms with Crippen molar-refractivity contribution in [3.05, 3.63) is 110 Å². The molecule has 0 saturated heterocycles. The van der Waals surface area contributed by atoms with Crippen molar-refractivity contribution in [2.45, 2.75) is 51.4 Å².